The van der Waals surface area contributed by atoms with Gasteiger partial charge in [-0.3, -0.25) is 9.80 Å². The minimum absolute atomic E-state index is 0.146. The van der Waals surface area contributed by atoms with E-state index < -0.39 is 0 Å². The van der Waals surface area contributed by atoms with Crippen molar-refractivity contribution in [2.24, 2.45) is 0 Å². The monoisotopic (exact) mass is 248 g/mol. The predicted octanol–water partition coefficient (Wildman–Crippen LogP) is 2.49. The standard InChI is InChI=1S/C15H21FN2/c1-12-9-17-8-2-3-15(17)11-18(12)10-13-4-6-14(16)7-5-13/h4-7,12,15H,2-3,8-11H2,1H3. The highest BCUT2D eigenvalue weighted by Crippen LogP contribution is 2.25. The first-order valence-electron chi connectivity index (χ1n) is 6.95. The van der Waals surface area contributed by atoms with Crippen LogP contribution in [0.5, 0.6) is 0 Å². The second kappa shape index (κ2) is 4.98. The van der Waals surface area contributed by atoms with E-state index in [9.17, 15) is 4.39 Å². The lowest BCUT2D eigenvalue weighted by Crippen LogP contribution is -2.54. The normalized spacial score (nSPS) is 29.4. The molecule has 3 rings (SSSR count). The van der Waals surface area contributed by atoms with Crippen molar-refractivity contribution in [2.45, 2.75) is 38.4 Å². The maximum absolute atomic E-state index is 12.9. The summed E-state index contributed by atoms with van der Waals surface area (Å²) in [4.78, 5) is 5.17. The Morgan fingerprint density at radius 3 is 2.78 bits per heavy atom. The highest BCUT2D eigenvalue weighted by atomic mass is 19.1. The van der Waals surface area contributed by atoms with Crippen molar-refractivity contribution >= 4 is 0 Å². The van der Waals surface area contributed by atoms with E-state index in [4.69, 9.17) is 0 Å². The van der Waals surface area contributed by atoms with E-state index in [1.807, 2.05) is 12.1 Å². The molecule has 0 N–H and O–H groups in total. The van der Waals surface area contributed by atoms with Gasteiger partial charge in [-0.05, 0) is 44.0 Å². The summed E-state index contributed by atoms with van der Waals surface area (Å²) in [5.41, 5.74) is 1.22. The Morgan fingerprint density at radius 2 is 2.00 bits per heavy atom. The third kappa shape index (κ3) is 2.43. The number of nitrogens with zero attached hydrogens (tertiary/aromatic N) is 2. The molecule has 2 heterocycles. The van der Waals surface area contributed by atoms with Crippen LogP contribution in [0.1, 0.15) is 25.3 Å². The van der Waals surface area contributed by atoms with Gasteiger partial charge < -0.3 is 0 Å². The molecular formula is C15H21FN2. The average Bonchev–Trinajstić information content (AvgIpc) is 2.79. The van der Waals surface area contributed by atoms with Gasteiger partial charge in [0, 0.05) is 31.7 Å². The molecule has 98 valence electrons. The molecule has 3 heteroatoms. The SMILES string of the molecule is CC1CN2CCCC2CN1Cc1ccc(F)cc1. The lowest BCUT2D eigenvalue weighted by atomic mass is 10.1. The topological polar surface area (TPSA) is 6.48 Å². The van der Waals surface area contributed by atoms with Gasteiger partial charge in [0.25, 0.3) is 0 Å². The van der Waals surface area contributed by atoms with Crippen molar-refractivity contribution in [1.82, 2.24) is 9.80 Å². The summed E-state index contributed by atoms with van der Waals surface area (Å²) in [6.45, 7) is 6.88. The molecular weight excluding hydrogens is 227 g/mol. The van der Waals surface area contributed by atoms with Gasteiger partial charge in [0.15, 0.2) is 0 Å². The molecule has 2 unspecified atom stereocenters. The minimum atomic E-state index is -0.146. The van der Waals surface area contributed by atoms with Crippen LogP contribution in [0.4, 0.5) is 4.39 Å². The van der Waals surface area contributed by atoms with E-state index >= 15 is 0 Å². The largest absolute Gasteiger partial charge is 0.298 e. The predicted molar refractivity (Wildman–Crippen MR) is 70.9 cm³/mol. The minimum Gasteiger partial charge on any atom is -0.298 e. The zero-order valence-electron chi connectivity index (χ0n) is 11.0. The Labute approximate surface area is 108 Å². The second-order valence-corrected chi connectivity index (χ2v) is 5.70. The van der Waals surface area contributed by atoms with Crippen molar-refractivity contribution in [3.05, 3.63) is 35.6 Å². The Bertz CT molecular complexity index is 403. The molecule has 0 saturated carbocycles. The number of hydrogen-bond acceptors (Lipinski definition) is 2. The maximum Gasteiger partial charge on any atom is 0.123 e. The molecule has 2 nitrogen and oxygen atoms in total. The summed E-state index contributed by atoms with van der Waals surface area (Å²) in [5, 5.41) is 0. The number of fused-ring (bicyclic) bond motifs is 1. The number of benzene rings is 1. The van der Waals surface area contributed by atoms with E-state index in [2.05, 4.69) is 16.7 Å². The smallest absolute Gasteiger partial charge is 0.123 e. The Morgan fingerprint density at radius 1 is 1.22 bits per heavy atom. The summed E-state index contributed by atoms with van der Waals surface area (Å²) in [5.74, 6) is -0.146. The van der Waals surface area contributed by atoms with Crippen molar-refractivity contribution in [1.29, 1.82) is 0 Å². The number of halogens is 1. The summed E-state index contributed by atoms with van der Waals surface area (Å²) >= 11 is 0. The molecule has 0 aromatic heterocycles. The highest BCUT2D eigenvalue weighted by molar-refractivity contribution is 5.16. The van der Waals surface area contributed by atoms with Crippen LogP contribution in [0.2, 0.25) is 0 Å². The molecule has 0 aliphatic carbocycles. The lowest BCUT2D eigenvalue weighted by Gasteiger charge is -2.42. The number of piperazine rings is 1. The van der Waals surface area contributed by atoms with E-state index in [0.29, 0.717) is 6.04 Å². The number of hydrogen-bond donors (Lipinski definition) is 0. The summed E-state index contributed by atoms with van der Waals surface area (Å²) in [6.07, 6.45) is 2.69. The second-order valence-electron chi connectivity index (χ2n) is 5.70. The lowest BCUT2D eigenvalue weighted by molar-refractivity contribution is 0.0540. The van der Waals surface area contributed by atoms with Crippen LogP contribution in [0.15, 0.2) is 24.3 Å². The van der Waals surface area contributed by atoms with Gasteiger partial charge in [-0.1, -0.05) is 12.1 Å². The van der Waals surface area contributed by atoms with Crippen LogP contribution in [0, 0.1) is 5.82 Å². The fourth-order valence-corrected chi connectivity index (χ4v) is 3.29. The van der Waals surface area contributed by atoms with Gasteiger partial charge >= 0.3 is 0 Å². The summed E-state index contributed by atoms with van der Waals surface area (Å²) in [6, 6.07) is 8.29. The zero-order chi connectivity index (χ0) is 12.5. The Kier molecular flexibility index (Phi) is 3.35. The number of rotatable bonds is 2. The van der Waals surface area contributed by atoms with Crippen LogP contribution in [0.3, 0.4) is 0 Å². The highest BCUT2D eigenvalue weighted by Gasteiger charge is 2.34. The molecule has 0 amide bonds. The first kappa shape index (κ1) is 12.1. The van der Waals surface area contributed by atoms with Crippen LogP contribution in [-0.2, 0) is 6.54 Å². The van der Waals surface area contributed by atoms with Crippen LogP contribution in [0.25, 0.3) is 0 Å². The fourth-order valence-electron chi connectivity index (χ4n) is 3.29. The van der Waals surface area contributed by atoms with E-state index in [-0.39, 0.29) is 5.82 Å². The fraction of sp³-hybridized carbons (Fsp3) is 0.600. The van der Waals surface area contributed by atoms with Crippen molar-refractivity contribution < 1.29 is 4.39 Å². The van der Waals surface area contributed by atoms with Crippen LogP contribution < -0.4 is 0 Å². The molecule has 2 aliphatic rings. The van der Waals surface area contributed by atoms with E-state index in [0.717, 1.165) is 12.6 Å². The average molecular weight is 248 g/mol. The molecule has 0 bridgehead atoms. The molecule has 1 aromatic rings. The quantitative estimate of drug-likeness (QED) is 0.793. The Balaban J connectivity index is 1.66. The first-order chi connectivity index (χ1) is 8.72. The maximum atomic E-state index is 12.9. The van der Waals surface area contributed by atoms with Gasteiger partial charge in [0.2, 0.25) is 0 Å². The molecule has 1 aromatic carbocycles. The molecule has 2 atom stereocenters. The molecule has 2 fully saturated rings. The zero-order valence-corrected chi connectivity index (χ0v) is 11.0. The van der Waals surface area contributed by atoms with Gasteiger partial charge in [0.1, 0.15) is 5.82 Å². The summed E-state index contributed by atoms with van der Waals surface area (Å²) < 4.78 is 12.9. The van der Waals surface area contributed by atoms with Gasteiger partial charge in [0.05, 0.1) is 0 Å². The molecule has 0 radical (unpaired) electrons. The summed E-state index contributed by atoms with van der Waals surface area (Å²) in [7, 11) is 0. The van der Waals surface area contributed by atoms with Gasteiger partial charge in [-0.25, -0.2) is 4.39 Å². The van der Waals surface area contributed by atoms with Crippen molar-refractivity contribution in [3.8, 4) is 0 Å². The van der Waals surface area contributed by atoms with E-state index in [1.54, 1.807) is 12.1 Å². The molecule has 2 saturated heterocycles. The Hall–Kier alpha value is -0.930. The van der Waals surface area contributed by atoms with Gasteiger partial charge in [-0.15, -0.1) is 0 Å². The van der Waals surface area contributed by atoms with Crippen molar-refractivity contribution in [3.63, 3.8) is 0 Å². The van der Waals surface area contributed by atoms with Crippen LogP contribution >= 0.6 is 0 Å². The molecule has 18 heavy (non-hydrogen) atoms. The third-order valence-electron chi connectivity index (χ3n) is 4.37. The molecule has 2 aliphatic heterocycles. The van der Waals surface area contributed by atoms with Crippen LogP contribution in [-0.4, -0.2) is 41.5 Å². The third-order valence-corrected chi connectivity index (χ3v) is 4.37. The first-order valence-corrected chi connectivity index (χ1v) is 6.95. The van der Waals surface area contributed by atoms with E-state index in [1.165, 1.54) is 38.0 Å². The molecule has 0 spiro atoms. The van der Waals surface area contributed by atoms with Gasteiger partial charge in [-0.2, -0.15) is 0 Å². The van der Waals surface area contributed by atoms with Crippen molar-refractivity contribution in [2.75, 3.05) is 19.6 Å².